The van der Waals surface area contributed by atoms with Crippen LogP contribution >= 0.6 is 34.7 Å². The molecule has 36 heavy (non-hydrogen) atoms. The fourth-order valence-corrected chi connectivity index (χ4v) is 6.01. The highest BCUT2D eigenvalue weighted by Crippen LogP contribution is 2.40. The largest absolute Gasteiger partial charge is 0.477 e. The first-order chi connectivity index (χ1) is 17.3. The second-order valence-corrected chi connectivity index (χ2v) is 10.7. The van der Waals surface area contributed by atoms with Crippen molar-refractivity contribution in [2.75, 3.05) is 18.1 Å². The van der Waals surface area contributed by atoms with E-state index < -0.39 is 29.2 Å². The molecule has 2 aromatic rings. The van der Waals surface area contributed by atoms with Crippen LogP contribution in [0.1, 0.15) is 25.5 Å². The van der Waals surface area contributed by atoms with Crippen molar-refractivity contribution in [1.29, 1.82) is 0 Å². The monoisotopic (exact) mass is 551 g/mol. The number of hydrogen-bond acceptors (Lipinski definition) is 9. The predicted octanol–water partition coefficient (Wildman–Crippen LogP) is 1.63. The van der Waals surface area contributed by atoms with E-state index in [0.29, 0.717) is 17.9 Å². The first-order valence-electron chi connectivity index (χ1n) is 11.1. The number of hydrogen-bond donors (Lipinski definition) is 3. The number of unbranched alkanes of at least 4 members (excludes halogenated alkanes) is 1. The molecule has 0 saturated carbocycles. The minimum atomic E-state index is -1.19. The number of aliphatic carboxylic acids is 1. The number of aromatic nitrogens is 2. The smallest absolute Gasteiger partial charge is 0.352 e. The maximum absolute atomic E-state index is 13.1. The Bertz CT molecular complexity index is 1230. The van der Waals surface area contributed by atoms with Gasteiger partial charge in [-0.15, -0.1) is 11.8 Å². The van der Waals surface area contributed by atoms with Crippen molar-refractivity contribution < 1.29 is 28.9 Å². The number of thiazole rings is 1. The van der Waals surface area contributed by atoms with Crippen LogP contribution < -0.4 is 15.6 Å². The van der Waals surface area contributed by atoms with E-state index in [4.69, 9.17) is 22.2 Å². The molecular formula is C22H24ClN6O5S2+. The number of nitrogen functional groups attached to an aromatic ring is 1. The molecule has 0 spiro atoms. The Morgan fingerprint density at radius 2 is 2.14 bits per heavy atom. The molecule has 2 atom stereocenters. The summed E-state index contributed by atoms with van der Waals surface area (Å²) in [6, 6.07) is 4.60. The van der Waals surface area contributed by atoms with Gasteiger partial charge in [0, 0.05) is 23.5 Å². The zero-order valence-electron chi connectivity index (χ0n) is 19.2. The van der Waals surface area contributed by atoms with Gasteiger partial charge in [-0.25, -0.2) is 14.3 Å². The molecule has 1 saturated heterocycles. The molecule has 4 heterocycles. The summed E-state index contributed by atoms with van der Waals surface area (Å²) < 4.78 is 2.00. The Balaban J connectivity index is 1.53. The number of carbonyl (C=O) groups excluding carboxylic acids is 2. The first kappa shape index (κ1) is 25.9. The number of carboxylic acid groups (broad SMARTS) is 1. The molecule has 4 rings (SSSR count). The number of nitrogens with zero attached hydrogens (tertiary/aromatic N) is 4. The van der Waals surface area contributed by atoms with E-state index in [1.54, 1.807) is 0 Å². The fraction of sp³-hybridized carbons (Fsp3) is 0.364. The molecule has 4 N–H and O–H groups in total. The van der Waals surface area contributed by atoms with Crippen LogP contribution in [0, 0.1) is 0 Å². The molecule has 2 aliphatic heterocycles. The first-order valence-corrected chi connectivity index (χ1v) is 13.3. The highest BCUT2D eigenvalue weighted by molar-refractivity contribution is 8.00. The van der Waals surface area contributed by atoms with Gasteiger partial charge in [-0.05, 0) is 6.42 Å². The second kappa shape index (κ2) is 11.3. The number of rotatable bonds is 10. The Morgan fingerprint density at radius 1 is 1.39 bits per heavy atom. The summed E-state index contributed by atoms with van der Waals surface area (Å²) in [4.78, 5) is 48.8. The predicted molar refractivity (Wildman–Crippen MR) is 135 cm³/mol. The van der Waals surface area contributed by atoms with Gasteiger partial charge >= 0.3 is 5.97 Å². The lowest BCUT2D eigenvalue weighted by Crippen LogP contribution is -2.71. The Kier molecular flexibility index (Phi) is 8.11. The maximum Gasteiger partial charge on any atom is 0.352 e. The number of carbonyl (C=O) groups is 3. The molecule has 11 nitrogen and oxygen atoms in total. The number of nitrogens with two attached hydrogens (primary N) is 1. The van der Waals surface area contributed by atoms with E-state index in [0.717, 1.165) is 24.2 Å². The van der Waals surface area contributed by atoms with Crippen LogP contribution in [-0.2, 0) is 25.8 Å². The second-order valence-electron chi connectivity index (χ2n) is 7.97. The lowest BCUT2D eigenvalue weighted by atomic mass is 10.0. The van der Waals surface area contributed by atoms with Crippen molar-refractivity contribution in [1.82, 2.24) is 15.2 Å². The van der Waals surface area contributed by atoms with E-state index >= 15 is 0 Å². The Morgan fingerprint density at radius 3 is 2.78 bits per heavy atom. The number of amides is 2. The lowest BCUT2D eigenvalue weighted by molar-refractivity contribution is -0.689. The molecule has 1 fully saturated rings. The molecule has 2 amide bonds. The van der Waals surface area contributed by atoms with Crippen LogP contribution in [0.3, 0.4) is 0 Å². The van der Waals surface area contributed by atoms with Gasteiger partial charge in [0.25, 0.3) is 11.8 Å². The van der Waals surface area contributed by atoms with Crippen LogP contribution in [0.2, 0.25) is 4.34 Å². The van der Waals surface area contributed by atoms with Gasteiger partial charge < -0.3 is 21.0 Å². The molecule has 2 aromatic heterocycles. The summed E-state index contributed by atoms with van der Waals surface area (Å²) in [5.74, 6) is -2.05. The summed E-state index contributed by atoms with van der Waals surface area (Å²) in [5, 5.41) is 16.0. The quantitative estimate of drug-likeness (QED) is 0.132. The Labute approximate surface area is 220 Å². The van der Waals surface area contributed by atoms with Crippen molar-refractivity contribution in [2.45, 2.75) is 37.7 Å². The van der Waals surface area contributed by atoms with Crippen molar-refractivity contribution >= 4 is 63.3 Å². The summed E-state index contributed by atoms with van der Waals surface area (Å²) in [7, 11) is 0. The average molecular weight is 552 g/mol. The molecule has 0 aliphatic carbocycles. The number of anilines is 1. The van der Waals surface area contributed by atoms with Crippen molar-refractivity contribution in [3.05, 3.63) is 51.9 Å². The van der Waals surface area contributed by atoms with Gasteiger partial charge in [-0.1, -0.05) is 47.5 Å². The molecule has 2 aliphatic rings. The van der Waals surface area contributed by atoms with E-state index in [1.165, 1.54) is 16.7 Å². The van der Waals surface area contributed by atoms with E-state index in [-0.39, 0.29) is 33.2 Å². The fourth-order valence-electron chi connectivity index (χ4n) is 3.75. The zero-order chi connectivity index (χ0) is 25.8. The summed E-state index contributed by atoms with van der Waals surface area (Å²) in [6.45, 7) is 2.60. The lowest BCUT2D eigenvalue weighted by Gasteiger charge is -2.49. The number of oxime groups is 1. The van der Waals surface area contributed by atoms with Crippen molar-refractivity contribution in [3.63, 3.8) is 0 Å². The number of fused-ring (bicyclic) bond motifs is 1. The van der Waals surface area contributed by atoms with Gasteiger partial charge in [0.2, 0.25) is 0 Å². The highest BCUT2D eigenvalue weighted by atomic mass is 35.5. The molecule has 0 bridgehead atoms. The number of halogens is 1. The average Bonchev–Trinajstić information content (AvgIpc) is 3.19. The minimum Gasteiger partial charge on any atom is -0.477 e. The van der Waals surface area contributed by atoms with E-state index in [1.807, 2.05) is 42.1 Å². The van der Waals surface area contributed by atoms with Crippen LogP contribution in [0.15, 0.2) is 47.0 Å². The SMILES string of the molecule is CCCCO/N=C(\C(=O)N[C@@H]1C(=O)N2C(C(=O)O)=C(C[n+]3ccccc3)CS[C@H]12)c1nc(N)sc1Cl. The van der Waals surface area contributed by atoms with E-state index in [9.17, 15) is 19.5 Å². The van der Waals surface area contributed by atoms with Gasteiger partial charge in [-0.2, -0.15) is 0 Å². The number of pyridine rings is 1. The topological polar surface area (TPSA) is 151 Å². The normalized spacial score (nSPS) is 19.6. The number of carboxylic acids is 1. The van der Waals surface area contributed by atoms with Crippen LogP contribution in [0.25, 0.3) is 0 Å². The molecule has 190 valence electrons. The van der Waals surface area contributed by atoms with Crippen LogP contribution in [-0.4, -0.2) is 62.3 Å². The molecule has 0 radical (unpaired) electrons. The third kappa shape index (κ3) is 5.32. The minimum absolute atomic E-state index is 0.0568. The third-order valence-electron chi connectivity index (χ3n) is 5.47. The highest BCUT2D eigenvalue weighted by Gasteiger charge is 2.54. The van der Waals surface area contributed by atoms with Crippen molar-refractivity contribution in [3.8, 4) is 0 Å². The summed E-state index contributed by atoms with van der Waals surface area (Å²) >= 11 is 8.55. The zero-order valence-corrected chi connectivity index (χ0v) is 21.6. The van der Waals surface area contributed by atoms with Gasteiger partial charge in [0.05, 0.1) is 0 Å². The number of β-lactam (4-membered cyclic amide) rings is 1. The van der Waals surface area contributed by atoms with Gasteiger partial charge in [-0.3, -0.25) is 14.5 Å². The summed E-state index contributed by atoms with van der Waals surface area (Å²) in [6.07, 6.45) is 5.25. The Hall–Kier alpha value is -3.16. The number of nitrogens with one attached hydrogen (secondary N) is 1. The van der Waals surface area contributed by atoms with Gasteiger partial charge in [0.1, 0.15) is 33.7 Å². The van der Waals surface area contributed by atoms with E-state index in [2.05, 4.69) is 15.5 Å². The molecule has 0 aromatic carbocycles. The molecule has 14 heteroatoms. The third-order valence-corrected chi connectivity index (χ3v) is 7.90. The van der Waals surface area contributed by atoms with Crippen molar-refractivity contribution in [2.24, 2.45) is 5.16 Å². The molecular weight excluding hydrogens is 528 g/mol. The number of thioether (sulfide) groups is 1. The maximum atomic E-state index is 13.1. The van der Waals surface area contributed by atoms with Gasteiger partial charge in [0.15, 0.2) is 29.8 Å². The van der Waals surface area contributed by atoms with Crippen LogP contribution in [0.5, 0.6) is 0 Å². The molecule has 0 unspecified atom stereocenters. The summed E-state index contributed by atoms with van der Waals surface area (Å²) in [5.41, 5.74) is 6.13. The van der Waals surface area contributed by atoms with Crippen LogP contribution in [0.4, 0.5) is 5.13 Å². The standard InChI is InChI=1S/C22H23ClN6O5S2/c1-2-3-9-34-27-14(13-17(23)36-22(24)26-13)18(30)25-15-19(31)29-16(21(32)33)12(11-35-20(15)29)10-28-7-5-4-6-8-28/h4-8,15,20H,2-3,9-11H2,1H3,(H3-,24,25,26,30,32,33)/p+1/b27-14-/t15-,20-/m1/s1.